The fourth-order valence-corrected chi connectivity index (χ4v) is 4.82. The van der Waals surface area contributed by atoms with E-state index in [9.17, 15) is 8.78 Å². The zero-order valence-electron chi connectivity index (χ0n) is 19.9. The second-order valence-corrected chi connectivity index (χ2v) is 9.38. The molecule has 2 aliphatic rings. The normalized spacial score (nSPS) is 18.0. The highest BCUT2D eigenvalue weighted by atomic mass is 19.1. The van der Waals surface area contributed by atoms with Crippen molar-refractivity contribution in [2.75, 3.05) is 30.4 Å². The molecule has 0 radical (unpaired) electrons. The molecule has 1 saturated heterocycles. The summed E-state index contributed by atoms with van der Waals surface area (Å²) in [4.78, 5) is 24.8. The van der Waals surface area contributed by atoms with Gasteiger partial charge in [0.05, 0.1) is 17.9 Å². The number of hydrogen-bond acceptors (Lipinski definition) is 8. The second kappa shape index (κ2) is 9.34. The minimum atomic E-state index is -0.797. The predicted molar refractivity (Wildman–Crippen MR) is 134 cm³/mol. The minimum Gasteiger partial charge on any atom is -0.354 e. The lowest BCUT2D eigenvalue weighted by Gasteiger charge is -2.34. The first-order valence-electron chi connectivity index (χ1n) is 12.2. The SMILES string of the molecule is CNC1CCCN(c2nc(-c3ccnc(Nc4ncc(F)cc4F)c3)nc3cncc(C4CC4)c23)C1. The zero-order chi connectivity index (χ0) is 24.6. The first kappa shape index (κ1) is 22.7. The zero-order valence-corrected chi connectivity index (χ0v) is 19.9. The maximum Gasteiger partial charge on any atom is 0.168 e. The average Bonchev–Trinajstić information content (AvgIpc) is 3.75. The Labute approximate surface area is 207 Å². The van der Waals surface area contributed by atoms with Gasteiger partial charge in [-0.25, -0.2) is 28.7 Å². The Balaban J connectivity index is 1.43. The molecule has 4 aromatic heterocycles. The molecule has 184 valence electrons. The van der Waals surface area contributed by atoms with Crippen LogP contribution in [0.15, 0.2) is 43.0 Å². The molecule has 36 heavy (non-hydrogen) atoms. The third-order valence-corrected chi connectivity index (χ3v) is 6.84. The predicted octanol–water partition coefficient (Wildman–Crippen LogP) is 4.57. The molecule has 4 aromatic rings. The summed E-state index contributed by atoms with van der Waals surface area (Å²) < 4.78 is 27.4. The molecule has 1 aliphatic heterocycles. The molecule has 2 N–H and O–H groups in total. The van der Waals surface area contributed by atoms with Gasteiger partial charge in [-0.1, -0.05) is 0 Å². The Morgan fingerprint density at radius 3 is 2.72 bits per heavy atom. The number of pyridine rings is 3. The van der Waals surface area contributed by atoms with Gasteiger partial charge in [0.1, 0.15) is 17.5 Å². The maximum atomic E-state index is 14.1. The highest BCUT2D eigenvalue weighted by molar-refractivity contribution is 5.94. The molecule has 6 rings (SSSR count). The van der Waals surface area contributed by atoms with Crippen molar-refractivity contribution in [2.24, 2.45) is 0 Å². The number of halogens is 2. The summed E-state index contributed by atoms with van der Waals surface area (Å²) in [5.41, 5.74) is 2.75. The summed E-state index contributed by atoms with van der Waals surface area (Å²) in [5, 5.41) is 7.31. The van der Waals surface area contributed by atoms with E-state index in [1.165, 1.54) is 5.56 Å². The molecular weight excluding hydrogens is 462 g/mol. The van der Waals surface area contributed by atoms with Crippen molar-refractivity contribution in [1.29, 1.82) is 0 Å². The van der Waals surface area contributed by atoms with Gasteiger partial charge in [0.25, 0.3) is 0 Å². The Kier molecular flexibility index (Phi) is 5.88. The van der Waals surface area contributed by atoms with Crippen molar-refractivity contribution in [3.05, 3.63) is 60.2 Å². The Morgan fingerprint density at radius 2 is 1.92 bits per heavy atom. The third-order valence-electron chi connectivity index (χ3n) is 6.84. The minimum absolute atomic E-state index is 0.106. The van der Waals surface area contributed by atoms with E-state index in [0.717, 1.165) is 73.3 Å². The Hall–Kier alpha value is -3.79. The third kappa shape index (κ3) is 4.44. The number of likely N-dealkylation sites (N-methyl/N-ethyl adjacent to an activating group) is 1. The Morgan fingerprint density at radius 1 is 1.03 bits per heavy atom. The molecule has 1 unspecified atom stereocenters. The van der Waals surface area contributed by atoms with Gasteiger partial charge in [0.2, 0.25) is 0 Å². The first-order chi connectivity index (χ1) is 17.6. The van der Waals surface area contributed by atoms with Crippen molar-refractivity contribution in [2.45, 2.75) is 37.6 Å². The van der Waals surface area contributed by atoms with Crippen molar-refractivity contribution >= 4 is 28.4 Å². The van der Waals surface area contributed by atoms with E-state index in [0.29, 0.717) is 23.6 Å². The van der Waals surface area contributed by atoms with Crippen LogP contribution in [-0.4, -0.2) is 51.1 Å². The molecule has 8 nitrogen and oxygen atoms in total. The summed E-state index contributed by atoms with van der Waals surface area (Å²) in [7, 11) is 2.00. The number of hydrogen-bond donors (Lipinski definition) is 2. The van der Waals surface area contributed by atoms with Gasteiger partial charge in [-0.2, -0.15) is 0 Å². The smallest absolute Gasteiger partial charge is 0.168 e. The van der Waals surface area contributed by atoms with Crippen LogP contribution in [0.3, 0.4) is 0 Å². The molecule has 5 heterocycles. The van der Waals surface area contributed by atoms with Crippen LogP contribution in [0, 0.1) is 11.6 Å². The molecule has 1 atom stereocenters. The number of anilines is 3. The van der Waals surface area contributed by atoms with E-state index >= 15 is 0 Å². The fourth-order valence-electron chi connectivity index (χ4n) is 4.82. The van der Waals surface area contributed by atoms with Crippen molar-refractivity contribution in [1.82, 2.24) is 30.2 Å². The van der Waals surface area contributed by atoms with Crippen LogP contribution in [-0.2, 0) is 0 Å². The van der Waals surface area contributed by atoms with Gasteiger partial charge in [0.15, 0.2) is 17.5 Å². The van der Waals surface area contributed by atoms with Gasteiger partial charge < -0.3 is 15.5 Å². The number of piperidine rings is 1. The lowest BCUT2D eigenvalue weighted by molar-refractivity contribution is 0.448. The van der Waals surface area contributed by atoms with Crippen LogP contribution < -0.4 is 15.5 Å². The molecule has 10 heteroatoms. The fraction of sp³-hybridized carbons (Fsp3) is 0.346. The molecule has 1 saturated carbocycles. The quantitative estimate of drug-likeness (QED) is 0.408. The molecule has 0 bridgehead atoms. The first-order valence-corrected chi connectivity index (χ1v) is 12.2. The van der Waals surface area contributed by atoms with Gasteiger partial charge in [-0.05, 0) is 56.3 Å². The lowest BCUT2D eigenvalue weighted by atomic mass is 10.0. The molecule has 2 fully saturated rings. The van der Waals surface area contributed by atoms with E-state index in [-0.39, 0.29) is 5.82 Å². The second-order valence-electron chi connectivity index (χ2n) is 9.38. The lowest BCUT2D eigenvalue weighted by Crippen LogP contribution is -2.45. The average molecular weight is 489 g/mol. The highest BCUT2D eigenvalue weighted by Gasteiger charge is 2.30. The van der Waals surface area contributed by atoms with Crippen LogP contribution in [0.5, 0.6) is 0 Å². The number of rotatable bonds is 6. The van der Waals surface area contributed by atoms with Crippen LogP contribution in [0.4, 0.5) is 26.2 Å². The van der Waals surface area contributed by atoms with E-state index in [1.807, 2.05) is 19.3 Å². The van der Waals surface area contributed by atoms with E-state index in [1.54, 1.807) is 18.5 Å². The number of nitrogens with one attached hydrogen (secondary N) is 2. The van der Waals surface area contributed by atoms with Crippen LogP contribution in [0.1, 0.15) is 37.2 Å². The summed E-state index contributed by atoms with van der Waals surface area (Å²) in [6.45, 7) is 1.79. The number of nitrogens with zero attached hydrogens (tertiary/aromatic N) is 6. The highest BCUT2D eigenvalue weighted by Crippen LogP contribution is 2.45. The van der Waals surface area contributed by atoms with Crippen LogP contribution in [0.25, 0.3) is 22.3 Å². The molecule has 0 amide bonds. The molecule has 0 spiro atoms. The van der Waals surface area contributed by atoms with Gasteiger partial charge in [-0.3, -0.25) is 4.98 Å². The topological polar surface area (TPSA) is 91.8 Å². The standard InChI is InChI=1S/C26H26F2N8/c1-29-18-3-2-8-36(14-18)26-23-19(15-4-5-15)12-30-13-21(23)33-24(35-26)16-6-7-31-22(9-16)34-25-20(28)10-17(27)11-32-25/h6-7,9-13,15,18,29H,2-5,8,14H2,1H3,(H,31,32,34). The largest absolute Gasteiger partial charge is 0.354 e. The molecule has 1 aliphatic carbocycles. The van der Waals surface area contributed by atoms with Gasteiger partial charge in [-0.15, -0.1) is 0 Å². The van der Waals surface area contributed by atoms with E-state index in [2.05, 4.69) is 30.5 Å². The number of fused-ring (bicyclic) bond motifs is 1. The monoisotopic (exact) mass is 488 g/mol. The van der Waals surface area contributed by atoms with Gasteiger partial charge >= 0.3 is 0 Å². The summed E-state index contributed by atoms with van der Waals surface area (Å²) in [6.07, 6.45) is 10.9. The van der Waals surface area contributed by atoms with Crippen molar-refractivity contribution in [3.63, 3.8) is 0 Å². The van der Waals surface area contributed by atoms with Gasteiger partial charge in [0, 0.05) is 48.5 Å². The van der Waals surface area contributed by atoms with E-state index < -0.39 is 11.6 Å². The van der Waals surface area contributed by atoms with E-state index in [4.69, 9.17) is 9.97 Å². The summed E-state index contributed by atoms with van der Waals surface area (Å²) in [6, 6.07) is 4.72. The summed E-state index contributed by atoms with van der Waals surface area (Å²) >= 11 is 0. The molecular formula is C26H26F2N8. The Bertz CT molecular complexity index is 1420. The maximum absolute atomic E-state index is 14.1. The number of aromatic nitrogens is 5. The van der Waals surface area contributed by atoms with Crippen LogP contribution >= 0.6 is 0 Å². The molecule has 0 aromatic carbocycles. The van der Waals surface area contributed by atoms with Crippen molar-refractivity contribution in [3.8, 4) is 11.4 Å². The summed E-state index contributed by atoms with van der Waals surface area (Å²) in [5.74, 6) is 0.686. The van der Waals surface area contributed by atoms with Crippen molar-refractivity contribution < 1.29 is 8.78 Å². The van der Waals surface area contributed by atoms with Crippen LogP contribution in [0.2, 0.25) is 0 Å².